The molecule has 3 aromatic rings. The Bertz CT molecular complexity index is 1190. The van der Waals surface area contributed by atoms with Gasteiger partial charge < -0.3 is 14.4 Å². The van der Waals surface area contributed by atoms with Gasteiger partial charge in [0.2, 0.25) is 5.91 Å². The standard InChI is InChI=1S/C23H24F3N3O4/c1-28(13-15-6-8-16(9-7-15)23(24,25)26)21(30)5-4-10-29-14-27-18-12-20(33-3)19(32-2)11-17(18)22(29)31/h6-9,11-12,14H,4-5,10,13H2,1-3H3. The van der Waals surface area contributed by atoms with Crippen molar-refractivity contribution >= 4 is 16.8 Å². The summed E-state index contributed by atoms with van der Waals surface area (Å²) in [5, 5.41) is 0.376. The van der Waals surface area contributed by atoms with Gasteiger partial charge in [-0.15, -0.1) is 0 Å². The van der Waals surface area contributed by atoms with E-state index in [2.05, 4.69) is 4.98 Å². The first kappa shape index (κ1) is 24.1. The number of rotatable bonds is 8. The summed E-state index contributed by atoms with van der Waals surface area (Å²) in [5.41, 5.74) is 0.0802. The molecule has 1 aromatic heterocycles. The second-order valence-electron chi connectivity index (χ2n) is 7.52. The minimum Gasteiger partial charge on any atom is -0.493 e. The zero-order valence-electron chi connectivity index (χ0n) is 18.5. The molecule has 1 heterocycles. The molecule has 3 rings (SSSR count). The fraction of sp³-hybridized carbons (Fsp3) is 0.348. The third-order valence-corrected chi connectivity index (χ3v) is 5.25. The van der Waals surface area contributed by atoms with Crippen molar-refractivity contribution in [2.75, 3.05) is 21.3 Å². The van der Waals surface area contributed by atoms with E-state index in [4.69, 9.17) is 9.47 Å². The number of hydrogen-bond donors (Lipinski definition) is 0. The topological polar surface area (TPSA) is 73.7 Å². The lowest BCUT2D eigenvalue weighted by atomic mass is 10.1. The van der Waals surface area contributed by atoms with E-state index in [1.54, 1.807) is 19.2 Å². The van der Waals surface area contributed by atoms with Gasteiger partial charge in [0, 0.05) is 32.6 Å². The Balaban J connectivity index is 1.60. The zero-order chi connectivity index (χ0) is 24.2. The molecule has 2 aromatic carbocycles. The predicted octanol–water partition coefficient (Wildman–Crippen LogP) is 3.87. The summed E-state index contributed by atoms with van der Waals surface area (Å²) in [6, 6.07) is 7.91. The lowest BCUT2D eigenvalue weighted by molar-refractivity contribution is -0.137. The Morgan fingerprint density at radius 3 is 2.33 bits per heavy atom. The Morgan fingerprint density at radius 1 is 1.09 bits per heavy atom. The monoisotopic (exact) mass is 463 g/mol. The molecule has 0 N–H and O–H groups in total. The molecule has 0 atom stereocenters. The van der Waals surface area contributed by atoms with E-state index < -0.39 is 11.7 Å². The summed E-state index contributed by atoms with van der Waals surface area (Å²) in [7, 11) is 4.56. The lowest BCUT2D eigenvalue weighted by Crippen LogP contribution is -2.27. The fourth-order valence-electron chi connectivity index (χ4n) is 3.40. The highest BCUT2D eigenvalue weighted by atomic mass is 19.4. The number of aromatic nitrogens is 2. The van der Waals surface area contributed by atoms with Crippen molar-refractivity contribution in [3.8, 4) is 11.5 Å². The van der Waals surface area contributed by atoms with Crippen LogP contribution < -0.4 is 15.0 Å². The minimum atomic E-state index is -4.40. The quantitative estimate of drug-likeness (QED) is 0.507. The van der Waals surface area contributed by atoms with Gasteiger partial charge in [-0.05, 0) is 30.2 Å². The average Bonchev–Trinajstić information content (AvgIpc) is 2.79. The van der Waals surface area contributed by atoms with Gasteiger partial charge in [-0.1, -0.05) is 12.1 Å². The second-order valence-corrected chi connectivity index (χ2v) is 7.52. The van der Waals surface area contributed by atoms with Crippen molar-refractivity contribution in [2.24, 2.45) is 0 Å². The molecule has 0 unspecified atom stereocenters. The van der Waals surface area contributed by atoms with Gasteiger partial charge in [-0.25, -0.2) is 4.98 Å². The van der Waals surface area contributed by atoms with Gasteiger partial charge in [-0.2, -0.15) is 13.2 Å². The van der Waals surface area contributed by atoms with E-state index >= 15 is 0 Å². The highest BCUT2D eigenvalue weighted by Crippen LogP contribution is 2.30. The molecular weight excluding hydrogens is 439 g/mol. The summed E-state index contributed by atoms with van der Waals surface area (Å²) >= 11 is 0. The van der Waals surface area contributed by atoms with Crippen LogP contribution in [0.15, 0.2) is 47.5 Å². The number of methoxy groups -OCH3 is 2. The van der Waals surface area contributed by atoms with Crippen LogP contribution in [0.4, 0.5) is 13.2 Å². The molecule has 10 heteroatoms. The van der Waals surface area contributed by atoms with Crippen LogP contribution in [-0.4, -0.2) is 41.6 Å². The molecule has 0 aliphatic heterocycles. The number of carbonyl (C=O) groups is 1. The number of benzene rings is 2. The molecule has 0 radical (unpaired) electrons. The molecule has 1 amide bonds. The first-order chi connectivity index (χ1) is 15.6. The minimum absolute atomic E-state index is 0.174. The van der Waals surface area contributed by atoms with Gasteiger partial charge >= 0.3 is 6.18 Å². The fourth-order valence-corrected chi connectivity index (χ4v) is 3.40. The van der Waals surface area contributed by atoms with Crippen molar-refractivity contribution in [1.82, 2.24) is 14.5 Å². The third kappa shape index (κ3) is 5.63. The van der Waals surface area contributed by atoms with Gasteiger partial charge in [0.05, 0.1) is 37.0 Å². The highest BCUT2D eigenvalue weighted by molar-refractivity contribution is 5.81. The molecule has 0 aliphatic carbocycles. The van der Waals surface area contributed by atoms with E-state index in [9.17, 15) is 22.8 Å². The van der Waals surface area contributed by atoms with Crippen molar-refractivity contribution in [1.29, 1.82) is 0 Å². The molecule has 7 nitrogen and oxygen atoms in total. The summed E-state index contributed by atoms with van der Waals surface area (Å²) in [6.07, 6.45) is -2.40. The van der Waals surface area contributed by atoms with E-state index in [0.717, 1.165) is 12.1 Å². The van der Waals surface area contributed by atoms with Crippen LogP contribution in [-0.2, 0) is 24.1 Å². The maximum atomic E-state index is 12.8. The third-order valence-electron chi connectivity index (χ3n) is 5.25. The Morgan fingerprint density at radius 2 is 1.73 bits per heavy atom. The van der Waals surface area contributed by atoms with Gasteiger partial charge in [0.1, 0.15) is 0 Å². The highest BCUT2D eigenvalue weighted by Gasteiger charge is 2.30. The van der Waals surface area contributed by atoms with E-state index in [1.165, 1.54) is 42.1 Å². The van der Waals surface area contributed by atoms with Gasteiger partial charge in [-0.3, -0.25) is 14.2 Å². The number of hydrogen-bond acceptors (Lipinski definition) is 5. The van der Waals surface area contributed by atoms with Crippen molar-refractivity contribution in [3.05, 3.63) is 64.2 Å². The van der Waals surface area contributed by atoms with Crippen LogP contribution in [0.5, 0.6) is 11.5 Å². The molecule has 0 saturated heterocycles. The normalized spacial score (nSPS) is 11.5. The van der Waals surface area contributed by atoms with Crippen molar-refractivity contribution in [3.63, 3.8) is 0 Å². The number of carbonyl (C=O) groups excluding carboxylic acids is 1. The van der Waals surface area contributed by atoms with Crippen LogP contribution >= 0.6 is 0 Å². The number of aryl methyl sites for hydroxylation is 1. The zero-order valence-corrected chi connectivity index (χ0v) is 18.5. The number of amides is 1. The summed E-state index contributed by atoms with van der Waals surface area (Å²) in [4.78, 5) is 31.0. The van der Waals surface area contributed by atoms with E-state index in [1.807, 2.05) is 0 Å². The Kier molecular flexibility index (Phi) is 7.25. The molecular formula is C23H24F3N3O4. The first-order valence-electron chi connectivity index (χ1n) is 10.2. The van der Waals surface area contributed by atoms with Crippen LogP contribution in [0.1, 0.15) is 24.0 Å². The SMILES string of the molecule is COc1cc2ncn(CCCC(=O)N(C)Cc3ccc(C(F)(F)F)cc3)c(=O)c2cc1OC. The van der Waals surface area contributed by atoms with Crippen LogP contribution in [0, 0.1) is 0 Å². The van der Waals surface area contributed by atoms with Crippen LogP contribution in [0.2, 0.25) is 0 Å². The number of fused-ring (bicyclic) bond motifs is 1. The number of halogens is 3. The molecule has 0 spiro atoms. The summed E-state index contributed by atoms with van der Waals surface area (Å²) in [6.45, 7) is 0.478. The molecule has 33 heavy (non-hydrogen) atoms. The average molecular weight is 463 g/mol. The number of ether oxygens (including phenoxy) is 2. The smallest absolute Gasteiger partial charge is 0.416 e. The molecule has 0 aliphatic rings. The first-order valence-corrected chi connectivity index (χ1v) is 10.2. The summed E-state index contributed by atoms with van der Waals surface area (Å²) in [5.74, 6) is 0.709. The maximum Gasteiger partial charge on any atom is 0.416 e. The maximum absolute atomic E-state index is 12.8. The lowest BCUT2D eigenvalue weighted by Gasteiger charge is -2.18. The Labute approximate surface area is 188 Å². The van der Waals surface area contributed by atoms with E-state index in [-0.39, 0.29) is 31.0 Å². The van der Waals surface area contributed by atoms with Gasteiger partial charge in [0.15, 0.2) is 11.5 Å². The van der Waals surface area contributed by atoms with Crippen molar-refractivity contribution in [2.45, 2.75) is 32.1 Å². The largest absolute Gasteiger partial charge is 0.493 e. The second kappa shape index (κ2) is 9.93. The van der Waals surface area contributed by atoms with Crippen LogP contribution in [0.3, 0.4) is 0 Å². The van der Waals surface area contributed by atoms with Crippen LogP contribution in [0.25, 0.3) is 10.9 Å². The Hall–Kier alpha value is -3.56. The van der Waals surface area contributed by atoms with Crippen molar-refractivity contribution < 1.29 is 27.4 Å². The van der Waals surface area contributed by atoms with Gasteiger partial charge in [0.25, 0.3) is 5.56 Å². The molecule has 0 saturated carbocycles. The number of alkyl halides is 3. The number of nitrogens with zero attached hydrogens (tertiary/aromatic N) is 3. The molecule has 0 fully saturated rings. The molecule has 176 valence electrons. The summed E-state index contributed by atoms with van der Waals surface area (Å²) < 4.78 is 49.9. The predicted molar refractivity (Wildman–Crippen MR) is 116 cm³/mol. The molecule has 0 bridgehead atoms. The van der Waals surface area contributed by atoms with E-state index in [0.29, 0.717) is 34.4 Å².